The van der Waals surface area contributed by atoms with E-state index in [1.807, 2.05) is 36.6 Å². The molecule has 21 heavy (non-hydrogen) atoms. The van der Waals surface area contributed by atoms with Crippen molar-refractivity contribution in [3.8, 4) is 0 Å². The van der Waals surface area contributed by atoms with E-state index in [1.165, 1.54) is 0 Å². The minimum atomic E-state index is -0.0576. The molecule has 2 aromatic heterocycles. The number of imidazole rings is 1. The van der Waals surface area contributed by atoms with Gasteiger partial charge in [0.2, 0.25) is 0 Å². The standard InChI is InChI=1S/C16H24N4O/c1-5-19(6-2)10-9-17-16(21)15-13(4)18-14-8-7-12(3)11-20(14)15/h7-8,11H,5-6,9-10H2,1-4H3,(H,17,21). The smallest absolute Gasteiger partial charge is 0.270 e. The second-order valence-electron chi connectivity index (χ2n) is 5.26. The first-order valence-electron chi connectivity index (χ1n) is 7.52. The SMILES string of the molecule is CCN(CC)CCNC(=O)c1c(C)nc2ccc(C)cn12. The largest absolute Gasteiger partial charge is 0.349 e. The summed E-state index contributed by atoms with van der Waals surface area (Å²) in [5.74, 6) is -0.0576. The van der Waals surface area contributed by atoms with Gasteiger partial charge in [-0.2, -0.15) is 0 Å². The van der Waals surface area contributed by atoms with Crippen molar-refractivity contribution < 1.29 is 4.79 Å². The lowest BCUT2D eigenvalue weighted by molar-refractivity contribution is 0.0942. The van der Waals surface area contributed by atoms with Crippen LogP contribution in [0.3, 0.4) is 0 Å². The van der Waals surface area contributed by atoms with Gasteiger partial charge in [-0.15, -0.1) is 0 Å². The second kappa shape index (κ2) is 6.72. The van der Waals surface area contributed by atoms with Crippen molar-refractivity contribution in [2.24, 2.45) is 0 Å². The number of pyridine rings is 1. The molecule has 0 aliphatic heterocycles. The van der Waals surface area contributed by atoms with E-state index in [0.29, 0.717) is 12.2 Å². The summed E-state index contributed by atoms with van der Waals surface area (Å²) in [4.78, 5) is 19.1. The zero-order valence-electron chi connectivity index (χ0n) is 13.3. The van der Waals surface area contributed by atoms with Crippen molar-refractivity contribution in [2.75, 3.05) is 26.2 Å². The van der Waals surface area contributed by atoms with Crippen LogP contribution in [0.1, 0.15) is 35.6 Å². The van der Waals surface area contributed by atoms with E-state index >= 15 is 0 Å². The molecule has 0 spiro atoms. The number of rotatable bonds is 6. The van der Waals surface area contributed by atoms with E-state index in [9.17, 15) is 4.79 Å². The third kappa shape index (κ3) is 3.42. The van der Waals surface area contributed by atoms with Crippen LogP contribution in [0, 0.1) is 13.8 Å². The third-order valence-electron chi connectivity index (χ3n) is 3.76. The number of nitrogens with zero attached hydrogens (tertiary/aromatic N) is 3. The zero-order chi connectivity index (χ0) is 15.4. The zero-order valence-corrected chi connectivity index (χ0v) is 13.3. The number of carbonyl (C=O) groups is 1. The fraction of sp³-hybridized carbons (Fsp3) is 0.500. The summed E-state index contributed by atoms with van der Waals surface area (Å²) in [5.41, 5.74) is 3.32. The van der Waals surface area contributed by atoms with Crippen molar-refractivity contribution in [1.29, 1.82) is 0 Å². The maximum atomic E-state index is 12.4. The van der Waals surface area contributed by atoms with Crippen molar-refractivity contribution in [1.82, 2.24) is 19.6 Å². The molecule has 0 bridgehead atoms. The molecule has 0 aromatic carbocycles. The molecule has 0 unspecified atom stereocenters. The average molecular weight is 288 g/mol. The van der Waals surface area contributed by atoms with Crippen molar-refractivity contribution >= 4 is 11.6 Å². The molecular formula is C16H24N4O. The first kappa shape index (κ1) is 15.5. The molecule has 0 saturated carbocycles. The lowest BCUT2D eigenvalue weighted by atomic mass is 10.3. The number of nitrogens with one attached hydrogen (secondary N) is 1. The topological polar surface area (TPSA) is 49.6 Å². The Morgan fingerprint density at radius 3 is 2.67 bits per heavy atom. The van der Waals surface area contributed by atoms with Gasteiger partial charge in [0.25, 0.3) is 5.91 Å². The monoisotopic (exact) mass is 288 g/mol. The van der Waals surface area contributed by atoms with Gasteiger partial charge in [-0.25, -0.2) is 4.98 Å². The molecule has 2 rings (SSSR count). The van der Waals surface area contributed by atoms with Crippen LogP contribution < -0.4 is 5.32 Å². The number of hydrogen-bond donors (Lipinski definition) is 1. The van der Waals surface area contributed by atoms with Crippen LogP contribution in [-0.4, -0.2) is 46.4 Å². The number of amides is 1. The molecule has 0 saturated heterocycles. The number of aryl methyl sites for hydroxylation is 2. The van der Waals surface area contributed by atoms with Gasteiger partial charge in [0.15, 0.2) is 0 Å². The Bertz CT molecular complexity index is 628. The number of carbonyl (C=O) groups excluding carboxylic acids is 1. The van der Waals surface area contributed by atoms with Gasteiger partial charge in [0.1, 0.15) is 11.3 Å². The molecule has 1 N–H and O–H groups in total. The minimum Gasteiger partial charge on any atom is -0.349 e. The maximum absolute atomic E-state index is 12.4. The molecule has 0 atom stereocenters. The van der Waals surface area contributed by atoms with Crippen LogP contribution in [0.5, 0.6) is 0 Å². The molecule has 114 valence electrons. The number of fused-ring (bicyclic) bond motifs is 1. The van der Waals surface area contributed by atoms with Crippen molar-refractivity contribution in [3.05, 3.63) is 35.3 Å². The highest BCUT2D eigenvalue weighted by Crippen LogP contribution is 2.13. The van der Waals surface area contributed by atoms with Crippen molar-refractivity contribution in [3.63, 3.8) is 0 Å². The number of likely N-dealkylation sites (N-methyl/N-ethyl adjacent to an activating group) is 1. The highest BCUT2D eigenvalue weighted by molar-refractivity contribution is 5.94. The minimum absolute atomic E-state index is 0.0576. The molecule has 5 heteroatoms. The highest BCUT2D eigenvalue weighted by Gasteiger charge is 2.16. The molecule has 0 fully saturated rings. The summed E-state index contributed by atoms with van der Waals surface area (Å²) < 4.78 is 1.87. The van der Waals surface area contributed by atoms with Crippen LogP contribution in [0.4, 0.5) is 0 Å². The molecule has 2 aromatic rings. The normalized spacial score (nSPS) is 11.3. The van der Waals surface area contributed by atoms with E-state index in [2.05, 4.69) is 29.0 Å². The fourth-order valence-corrected chi connectivity index (χ4v) is 2.49. The quantitative estimate of drug-likeness (QED) is 0.885. The van der Waals surface area contributed by atoms with Gasteiger partial charge >= 0.3 is 0 Å². The molecule has 5 nitrogen and oxygen atoms in total. The predicted octanol–water partition coefficient (Wildman–Crippen LogP) is 2.02. The second-order valence-corrected chi connectivity index (χ2v) is 5.26. The average Bonchev–Trinajstić information content (AvgIpc) is 2.78. The van der Waals surface area contributed by atoms with Crippen molar-refractivity contribution in [2.45, 2.75) is 27.7 Å². The molecule has 2 heterocycles. The van der Waals surface area contributed by atoms with Gasteiger partial charge < -0.3 is 10.2 Å². The molecule has 1 amide bonds. The summed E-state index contributed by atoms with van der Waals surface area (Å²) in [6.07, 6.45) is 1.95. The van der Waals surface area contributed by atoms with Gasteiger partial charge in [0, 0.05) is 19.3 Å². The van der Waals surface area contributed by atoms with Gasteiger partial charge in [-0.3, -0.25) is 9.20 Å². The van der Waals surface area contributed by atoms with Gasteiger partial charge in [0.05, 0.1) is 5.69 Å². The number of aromatic nitrogens is 2. The first-order chi connectivity index (χ1) is 10.1. The van der Waals surface area contributed by atoms with Gasteiger partial charge in [-0.05, 0) is 38.6 Å². The Morgan fingerprint density at radius 2 is 2.00 bits per heavy atom. The van der Waals surface area contributed by atoms with E-state index < -0.39 is 0 Å². The summed E-state index contributed by atoms with van der Waals surface area (Å²) >= 11 is 0. The fourth-order valence-electron chi connectivity index (χ4n) is 2.49. The summed E-state index contributed by atoms with van der Waals surface area (Å²) in [6.45, 7) is 11.7. The van der Waals surface area contributed by atoms with Crippen LogP contribution in [0.15, 0.2) is 18.3 Å². The van der Waals surface area contributed by atoms with Crippen LogP contribution in [-0.2, 0) is 0 Å². The Labute approximate surface area is 126 Å². The summed E-state index contributed by atoms with van der Waals surface area (Å²) in [6, 6.07) is 3.94. The Morgan fingerprint density at radius 1 is 1.29 bits per heavy atom. The van der Waals surface area contributed by atoms with E-state index in [4.69, 9.17) is 0 Å². The molecular weight excluding hydrogens is 264 g/mol. The van der Waals surface area contributed by atoms with Crippen LogP contribution >= 0.6 is 0 Å². The summed E-state index contributed by atoms with van der Waals surface area (Å²) in [7, 11) is 0. The molecule has 0 aliphatic carbocycles. The van der Waals surface area contributed by atoms with Crippen LogP contribution in [0.25, 0.3) is 5.65 Å². The lowest BCUT2D eigenvalue weighted by Crippen LogP contribution is -2.35. The molecule has 0 radical (unpaired) electrons. The third-order valence-corrected chi connectivity index (χ3v) is 3.76. The lowest BCUT2D eigenvalue weighted by Gasteiger charge is -2.17. The molecule has 0 aliphatic rings. The predicted molar refractivity (Wildman–Crippen MR) is 84.8 cm³/mol. The Hall–Kier alpha value is -1.88. The Kier molecular flexibility index (Phi) is 4.96. The summed E-state index contributed by atoms with van der Waals surface area (Å²) in [5, 5.41) is 3.00. The number of hydrogen-bond acceptors (Lipinski definition) is 3. The Balaban J connectivity index is 2.12. The van der Waals surface area contributed by atoms with Crippen LogP contribution in [0.2, 0.25) is 0 Å². The van der Waals surface area contributed by atoms with E-state index in [1.54, 1.807) is 0 Å². The van der Waals surface area contributed by atoms with E-state index in [-0.39, 0.29) is 5.91 Å². The first-order valence-corrected chi connectivity index (χ1v) is 7.52. The van der Waals surface area contributed by atoms with Gasteiger partial charge in [-0.1, -0.05) is 19.9 Å². The maximum Gasteiger partial charge on any atom is 0.270 e. The van der Waals surface area contributed by atoms with E-state index in [0.717, 1.165) is 36.5 Å². The highest BCUT2D eigenvalue weighted by atomic mass is 16.1.